The molecule has 10 nitrogen and oxygen atoms in total. The van der Waals surface area contributed by atoms with Gasteiger partial charge in [0, 0.05) is 67.1 Å². The summed E-state index contributed by atoms with van der Waals surface area (Å²) in [6.45, 7) is 17.4. The summed E-state index contributed by atoms with van der Waals surface area (Å²) in [7, 11) is 0. The van der Waals surface area contributed by atoms with Gasteiger partial charge in [0.25, 0.3) is 0 Å². The Labute approximate surface area is 600 Å². The van der Waals surface area contributed by atoms with Crippen LogP contribution < -0.4 is 0 Å². The highest BCUT2D eigenvalue weighted by molar-refractivity contribution is 5.74. The number of benzene rings is 11. The van der Waals surface area contributed by atoms with Crippen molar-refractivity contribution in [2.75, 3.05) is 0 Å². The van der Waals surface area contributed by atoms with E-state index in [0.717, 1.165) is 95.6 Å². The first kappa shape index (κ1) is 69.5. The molecule has 15 aromatic rings. The van der Waals surface area contributed by atoms with Crippen molar-refractivity contribution in [3.8, 4) is 125 Å². The summed E-state index contributed by atoms with van der Waals surface area (Å²) in [6.07, 6.45) is 0. The molecule has 0 bridgehead atoms. The minimum absolute atomic E-state index is 0.302. The third-order valence-electron chi connectivity index (χ3n) is 17.1. The Morgan fingerprint density at radius 3 is 0.627 bits per heavy atom. The van der Waals surface area contributed by atoms with Crippen molar-refractivity contribution < 1.29 is 0 Å². The topological polar surface area (TPSA) is 129 Å². The molecule has 0 radical (unpaired) electrons. The zero-order valence-electron chi connectivity index (χ0n) is 59.0. The monoisotopic (exact) mass is 1330 g/mol. The fourth-order valence-electron chi connectivity index (χ4n) is 11.3. The Morgan fingerprint density at radius 2 is 0.373 bits per heavy atom. The van der Waals surface area contributed by atoms with Gasteiger partial charge in [-0.3, -0.25) is 0 Å². The zero-order valence-corrected chi connectivity index (χ0v) is 59.0. The van der Waals surface area contributed by atoms with Crippen LogP contribution in [-0.4, -0.2) is 49.8 Å². The van der Waals surface area contributed by atoms with Crippen LogP contribution in [0.15, 0.2) is 328 Å². The number of aromatic nitrogens is 10. The molecule has 102 heavy (non-hydrogen) atoms. The summed E-state index contributed by atoms with van der Waals surface area (Å²) in [6, 6.07) is 111. The average molecular weight is 1330 g/mol. The number of nitrogens with zero attached hydrogens (tertiary/aromatic N) is 10. The lowest BCUT2D eigenvalue weighted by atomic mass is 10.0. The lowest BCUT2D eigenvalue weighted by molar-refractivity contribution is 0.778. The molecule has 0 spiro atoms. The summed E-state index contributed by atoms with van der Waals surface area (Å²) in [4.78, 5) is 47.7. The fourth-order valence-corrected chi connectivity index (χ4v) is 11.3. The van der Waals surface area contributed by atoms with Crippen molar-refractivity contribution in [1.29, 1.82) is 0 Å². The van der Waals surface area contributed by atoms with Gasteiger partial charge >= 0.3 is 0 Å². The van der Waals surface area contributed by atoms with Crippen LogP contribution >= 0.6 is 0 Å². The molecule has 0 amide bonds. The Hall–Kier alpha value is -12.4. The molecule has 0 aliphatic carbocycles. The number of hydrogen-bond acceptors (Lipinski definition) is 10. The second-order valence-corrected chi connectivity index (χ2v) is 26.0. The number of rotatable bonds is 15. The Balaban J connectivity index is 0.000000129. The average Bonchev–Trinajstić information content (AvgIpc) is 0.811. The van der Waals surface area contributed by atoms with E-state index in [2.05, 4.69) is 189 Å². The molecule has 500 valence electrons. The molecule has 0 atom stereocenters. The van der Waals surface area contributed by atoms with Crippen molar-refractivity contribution in [2.24, 2.45) is 0 Å². The molecule has 0 N–H and O–H groups in total. The van der Waals surface area contributed by atoms with Gasteiger partial charge in [-0.25, -0.2) is 49.8 Å². The second kappa shape index (κ2) is 33.9. The van der Waals surface area contributed by atoms with E-state index in [1.54, 1.807) is 0 Å². The van der Waals surface area contributed by atoms with Crippen LogP contribution in [0, 0.1) is 0 Å². The highest BCUT2D eigenvalue weighted by atomic mass is 15.0. The van der Waals surface area contributed by atoms with Crippen LogP contribution in [0.2, 0.25) is 0 Å². The third-order valence-corrected chi connectivity index (χ3v) is 17.1. The van der Waals surface area contributed by atoms with Gasteiger partial charge in [-0.1, -0.05) is 359 Å². The van der Waals surface area contributed by atoms with Crippen LogP contribution in [0.25, 0.3) is 125 Å². The lowest BCUT2D eigenvalue weighted by Gasteiger charge is -2.11. The molecular weight excluding hydrogens is 1250 g/mol. The third kappa shape index (κ3) is 18.3. The van der Waals surface area contributed by atoms with E-state index in [9.17, 15) is 0 Å². The molecule has 4 heterocycles. The van der Waals surface area contributed by atoms with E-state index >= 15 is 0 Å². The largest absolute Gasteiger partial charge is 0.233 e. The van der Waals surface area contributed by atoms with Gasteiger partial charge in [0.15, 0.2) is 40.8 Å². The zero-order chi connectivity index (χ0) is 70.6. The van der Waals surface area contributed by atoms with Crippen LogP contribution in [-0.2, 0) is 0 Å². The molecule has 15 rings (SSSR count). The van der Waals surface area contributed by atoms with Crippen LogP contribution in [0.3, 0.4) is 0 Å². The lowest BCUT2D eigenvalue weighted by Crippen LogP contribution is -2.01. The van der Waals surface area contributed by atoms with Crippen molar-refractivity contribution in [2.45, 2.75) is 79.1 Å². The van der Waals surface area contributed by atoms with Gasteiger partial charge in [-0.15, -0.1) is 0 Å². The first-order chi connectivity index (χ1) is 49.8. The summed E-state index contributed by atoms with van der Waals surface area (Å²) in [5, 5.41) is 0. The fraction of sp³-hybridized carbons (Fsp3) is 0.130. The minimum Gasteiger partial charge on any atom is -0.233 e. The Kier molecular flexibility index (Phi) is 23.1. The second-order valence-electron chi connectivity index (χ2n) is 26.0. The van der Waals surface area contributed by atoms with Crippen LogP contribution in [0.5, 0.6) is 0 Å². The van der Waals surface area contributed by atoms with E-state index in [1.807, 2.05) is 194 Å². The molecule has 10 heteroatoms. The normalized spacial score (nSPS) is 10.9. The van der Waals surface area contributed by atoms with Crippen LogP contribution in [0.4, 0.5) is 0 Å². The quantitative estimate of drug-likeness (QED) is 0.0978. The van der Waals surface area contributed by atoms with Crippen LogP contribution in [0.1, 0.15) is 102 Å². The standard InChI is InChI=1S/C25H22N2.2C24H21N3.C19H18N2/c1-18(2)21-14-9-15-22(16-21)25-26-23(19-10-5-3-6-11-19)17-24(27-25)20-12-7-4-8-13-20;1-17(2)20-14-9-15-21(16-20)24-26-22(18-10-5-3-6-11-18)25-23(27-24)19-12-7-4-8-13-19;1-17(2)18-13-15-21(16-14-18)24-26-22(19-9-5-3-6-10-19)25-23(27-24)20-11-7-4-8-12-20;1-14(2)19-20-17(15-9-5-3-6-10-15)13-18(21-19)16-11-7-4-8-12-16/h3-18H,1-2H3;2*3-17H,1-2H3;3-14H,1-2H3. The van der Waals surface area contributed by atoms with Gasteiger partial charge in [0.1, 0.15) is 5.82 Å². The maximum absolute atomic E-state index is 4.89. The van der Waals surface area contributed by atoms with E-state index in [-0.39, 0.29) is 0 Å². The first-order valence-corrected chi connectivity index (χ1v) is 34.9. The molecule has 0 fully saturated rings. The number of hydrogen-bond donors (Lipinski definition) is 0. The maximum Gasteiger partial charge on any atom is 0.164 e. The predicted octanol–water partition coefficient (Wildman–Crippen LogP) is 23.5. The summed E-state index contributed by atoms with van der Waals surface area (Å²) in [5.41, 5.74) is 19.1. The maximum atomic E-state index is 4.89. The van der Waals surface area contributed by atoms with Gasteiger partial charge in [-0.2, -0.15) is 0 Å². The van der Waals surface area contributed by atoms with Gasteiger partial charge in [-0.05, 0) is 58.7 Å². The van der Waals surface area contributed by atoms with E-state index < -0.39 is 0 Å². The van der Waals surface area contributed by atoms with Gasteiger partial charge in [0.2, 0.25) is 0 Å². The SMILES string of the molecule is CC(C)c1ccc(-c2nc(-c3ccccc3)nc(-c3ccccc3)n2)cc1.CC(C)c1cccc(-c2nc(-c3ccccc3)cc(-c3ccccc3)n2)c1.CC(C)c1cccc(-c2nc(-c3ccccc3)nc(-c3ccccc3)n2)c1.CC(C)c1nc(-c2ccccc2)cc(-c2ccccc2)n1. The minimum atomic E-state index is 0.302. The molecule has 0 saturated heterocycles. The van der Waals surface area contributed by atoms with Crippen molar-refractivity contribution >= 4 is 0 Å². The van der Waals surface area contributed by atoms with E-state index in [0.29, 0.717) is 58.6 Å². The summed E-state index contributed by atoms with van der Waals surface area (Å²) >= 11 is 0. The van der Waals surface area contributed by atoms with Gasteiger partial charge in [0.05, 0.1) is 22.8 Å². The first-order valence-electron chi connectivity index (χ1n) is 34.9. The summed E-state index contributed by atoms with van der Waals surface area (Å²) < 4.78 is 0. The van der Waals surface area contributed by atoms with Crippen molar-refractivity contribution in [3.63, 3.8) is 0 Å². The molecule has 11 aromatic carbocycles. The van der Waals surface area contributed by atoms with Crippen molar-refractivity contribution in [3.05, 3.63) is 350 Å². The molecule has 0 aliphatic heterocycles. The molecule has 0 unspecified atom stereocenters. The van der Waals surface area contributed by atoms with Gasteiger partial charge < -0.3 is 0 Å². The van der Waals surface area contributed by atoms with Crippen molar-refractivity contribution in [1.82, 2.24) is 49.8 Å². The Morgan fingerprint density at radius 1 is 0.157 bits per heavy atom. The predicted molar refractivity (Wildman–Crippen MR) is 420 cm³/mol. The molecule has 0 saturated carbocycles. The molecule has 0 aliphatic rings. The smallest absolute Gasteiger partial charge is 0.164 e. The Bertz CT molecular complexity index is 4720. The summed E-state index contributed by atoms with van der Waals surface area (Å²) in [5.74, 6) is 7.51. The molecular formula is C92H82N10. The highest BCUT2D eigenvalue weighted by Crippen LogP contribution is 2.33. The molecule has 4 aromatic heterocycles. The van der Waals surface area contributed by atoms with E-state index in [1.165, 1.54) is 16.7 Å². The highest BCUT2D eigenvalue weighted by Gasteiger charge is 2.17. The van der Waals surface area contributed by atoms with E-state index in [4.69, 9.17) is 49.8 Å².